The minimum absolute atomic E-state index is 0.813. The fourth-order valence-electron chi connectivity index (χ4n) is 1.67. The number of nitrogens with zero attached hydrogens (tertiary/aromatic N) is 1. The zero-order valence-corrected chi connectivity index (χ0v) is 12.1. The molecule has 0 heterocycles. The zero-order valence-electron chi connectivity index (χ0n) is 10.1. The van der Waals surface area contributed by atoms with Crippen molar-refractivity contribution in [2.75, 3.05) is 19.6 Å². The second-order valence-electron chi connectivity index (χ2n) is 4.90. The average Bonchev–Trinajstić information content (AvgIpc) is 1.98. The van der Waals surface area contributed by atoms with E-state index in [0.717, 1.165) is 11.8 Å². The fourth-order valence-corrected chi connectivity index (χ4v) is 1.99. The Hall–Kier alpha value is 0.177. The molecule has 0 rings (SSSR count). The molecule has 0 aliphatic heterocycles. The number of hydrogen-bond acceptors (Lipinski definition) is 1. The molecular formula is C11H27NSi. The molecule has 0 N–H and O–H groups in total. The molecule has 0 amide bonds. The van der Waals surface area contributed by atoms with E-state index in [2.05, 4.69) is 32.6 Å². The van der Waals surface area contributed by atoms with Crippen LogP contribution >= 0.6 is 0 Å². The molecule has 0 radical (unpaired) electrons. The summed E-state index contributed by atoms with van der Waals surface area (Å²) < 4.78 is 0. The minimum atomic E-state index is 0.813. The second-order valence-corrected chi connectivity index (χ2v) is 5.90. The summed E-state index contributed by atoms with van der Waals surface area (Å²) in [7, 11) is 1.37. The predicted octanol–water partition coefficient (Wildman–Crippen LogP) is 1.77. The number of hydrogen-bond donors (Lipinski definition) is 0. The van der Waals surface area contributed by atoms with Gasteiger partial charge >= 0.3 is 0 Å². The van der Waals surface area contributed by atoms with Gasteiger partial charge in [0.25, 0.3) is 0 Å². The third kappa shape index (κ3) is 8.51. The summed E-state index contributed by atoms with van der Waals surface area (Å²) in [4.78, 5) is 2.63. The molecule has 1 nitrogen and oxygen atoms in total. The van der Waals surface area contributed by atoms with Gasteiger partial charge in [-0.3, -0.25) is 0 Å². The summed E-state index contributed by atoms with van der Waals surface area (Å²) in [6, 6.07) is 1.45. The molecule has 0 bridgehead atoms. The first-order valence-corrected chi connectivity index (χ1v) is 7.20. The lowest BCUT2D eigenvalue weighted by Gasteiger charge is -2.25. The summed E-state index contributed by atoms with van der Waals surface area (Å²) >= 11 is 0. The predicted molar refractivity (Wildman–Crippen MR) is 65.5 cm³/mol. The Morgan fingerprint density at radius 2 is 1.46 bits per heavy atom. The van der Waals surface area contributed by atoms with Gasteiger partial charge in [-0.25, -0.2) is 0 Å². The molecule has 0 fully saturated rings. The monoisotopic (exact) mass is 201 g/mol. The van der Waals surface area contributed by atoms with Crippen LogP contribution in [-0.4, -0.2) is 34.8 Å². The molecule has 13 heavy (non-hydrogen) atoms. The Labute approximate surface area is 87.3 Å². The standard InChI is InChI=1S/C11H27NSi/c1-10(2)8-12(6-5-7-13)9-11(3)4/h10-11H,5-9H2,1-4,13H3. The Kier molecular flexibility index (Phi) is 7.67. The topological polar surface area (TPSA) is 3.24 Å². The maximum Gasteiger partial charge on any atom is 0.00286 e. The molecule has 0 unspecified atom stereocenters. The molecule has 0 saturated heterocycles. The Balaban J connectivity index is 3.73. The Morgan fingerprint density at radius 3 is 1.77 bits per heavy atom. The third-order valence-electron chi connectivity index (χ3n) is 2.07. The van der Waals surface area contributed by atoms with Gasteiger partial charge in [-0.2, -0.15) is 0 Å². The van der Waals surface area contributed by atoms with Gasteiger partial charge in [-0.05, 0) is 24.8 Å². The lowest BCUT2D eigenvalue weighted by atomic mass is 10.1. The van der Waals surface area contributed by atoms with Gasteiger partial charge < -0.3 is 4.90 Å². The van der Waals surface area contributed by atoms with Gasteiger partial charge in [0.1, 0.15) is 0 Å². The SMILES string of the molecule is CC(C)CN(CCC[SiH3])CC(C)C. The zero-order chi connectivity index (χ0) is 10.3. The van der Waals surface area contributed by atoms with E-state index >= 15 is 0 Å². The second kappa shape index (κ2) is 7.57. The summed E-state index contributed by atoms with van der Waals surface area (Å²) in [6.45, 7) is 13.1. The van der Waals surface area contributed by atoms with Crippen molar-refractivity contribution in [1.82, 2.24) is 4.90 Å². The normalized spacial score (nSPS) is 12.2. The third-order valence-corrected chi connectivity index (χ3v) is 2.78. The van der Waals surface area contributed by atoms with E-state index in [0.29, 0.717) is 0 Å². The van der Waals surface area contributed by atoms with E-state index in [-0.39, 0.29) is 0 Å². The van der Waals surface area contributed by atoms with Crippen molar-refractivity contribution in [3.63, 3.8) is 0 Å². The minimum Gasteiger partial charge on any atom is -0.303 e. The molecule has 0 spiro atoms. The van der Waals surface area contributed by atoms with E-state index in [1.165, 1.54) is 42.3 Å². The van der Waals surface area contributed by atoms with Crippen LogP contribution in [0.1, 0.15) is 34.1 Å². The Bertz CT molecular complexity index is 103. The lowest BCUT2D eigenvalue weighted by molar-refractivity contribution is 0.220. The van der Waals surface area contributed by atoms with Crippen molar-refractivity contribution in [1.29, 1.82) is 0 Å². The Morgan fingerprint density at radius 1 is 1.00 bits per heavy atom. The van der Waals surface area contributed by atoms with E-state index < -0.39 is 0 Å². The van der Waals surface area contributed by atoms with Gasteiger partial charge in [-0.15, -0.1) is 0 Å². The summed E-state index contributed by atoms with van der Waals surface area (Å²) in [5, 5.41) is 0. The molecule has 0 aromatic rings. The van der Waals surface area contributed by atoms with E-state index in [4.69, 9.17) is 0 Å². The first-order chi connectivity index (χ1) is 6.06. The van der Waals surface area contributed by atoms with Gasteiger partial charge in [0, 0.05) is 23.3 Å². The average molecular weight is 201 g/mol. The molecule has 0 aromatic carbocycles. The first-order valence-electron chi connectivity index (χ1n) is 5.78. The van der Waals surface area contributed by atoms with Crippen LogP contribution in [0.2, 0.25) is 6.04 Å². The molecule has 80 valence electrons. The van der Waals surface area contributed by atoms with Crippen LogP contribution < -0.4 is 0 Å². The van der Waals surface area contributed by atoms with Crippen LogP contribution in [0.3, 0.4) is 0 Å². The molecule has 2 heteroatoms. The summed E-state index contributed by atoms with van der Waals surface area (Å²) in [5.74, 6) is 1.63. The van der Waals surface area contributed by atoms with E-state index in [1.807, 2.05) is 0 Å². The highest BCUT2D eigenvalue weighted by Crippen LogP contribution is 2.05. The van der Waals surface area contributed by atoms with Crippen molar-refractivity contribution in [2.24, 2.45) is 11.8 Å². The maximum absolute atomic E-state index is 2.63. The highest BCUT2D eigenvalue weighted by Gasteiger charge is 2.07. The van der Waals surface area contributed by atoms with E-state index in [1.54, 1.807) is 0 Å². The van der Waals surface area contributed by atoms with Gasteiger partial charge in [0.2, 0.25) is 0 Å². The van der Waals surface area contributed by atoms with Gasteiger partial charge in [0.05, 0.1) is 0 Å². The molecule has 0 aliphatic rings. The van der Waals surface area contributed by atoms with Crippen LogP contribution in [-0.2, 0) is 0 Å². The van der Waals surface area contributed by atoms with Crippen molar-refractivity contribution in [3.8, 4) is 0 Å². The van der Waals surface area contributed by atoms with Crippen LogP contribution in [0.5, 0.6) is 0 Å². The highest BCUT2D eigenvalue weighted by atomic mass is 28.1. The van der Waals surface area contributed by atoms with Crippen molar-refractivity contribution < 1.29 is 0 Å². The fraction of sp³-hybridized carbons (Fsp3) is 1.00. The van der Waals surface area contributed by atoms with Crippen LogP contribution in [0.15, 0.2) is 0 Å². The summed E-state index contributed by atoms with van der Waals surface area (Å²) in [6.07, 6.45) is 1.41. The van der Waals surface area contributed by atoms with E-state index in [9.17, 15) is 0 Å². The van der Waals surface area contributed by atoms with Crippen LogP contribution in [0, 0.1) is 11.8 Å². The van der Waals surface area contributed by atoms with Crippen molar-refractivity contribution in [3.05, 3.63) is 0 Å². The van der Waals surface area contributed by atoms with Crippen molar-refractivity contribution >= 4 is 10.2 Å². The van der Waals surface area contributed by atoms with Crippen LogP contribution in [0.4, 0.5) is 0 Å². The molecular weight excluding hydrogens is 174 g/mol. The number of rotatable bonds is 7. The molecule has 0 aromatic heterocycles. The largest absolute Gasteiger partial charge is 0.303 e. The lowest BCUT2D eigenvalue weighted by Crippen LogP contribution is -2.32. The van der Waals surface area contributed by atoms with Crippen molar-refractivity contribution in [2.45, 2.75) is 40.2 Å². The van der Waals surface area contributed by atoms with Gasteiger partial charge in [-0.1, -0.05) is 33.7 Å². The molecule has 0 aliphatic carbocycles. The smallest absolute Gasteiger partial charge is 0.00286 e. The first kappa shape index (κ1) is 13.2. The maximum atomic E-state index is 2.63. The highest BCUT2D eigenvalue weighted by molar-refractivity contribution is 6.08. The molecule has 0 saturated carbocycles. The summed E-state index contributed by atoms with van der Waals surface area (Å²) in [5.41, 5.74) is 0. The van der Waals surface area contributed by atoms with Crippen LogP contribution in [0.25, 0.3) is 0 Å². The quantitative estimate of drug-likeness (QED) is 0.568. The molecule has 0 atom stereocenters. The van der Waals surface area contributed by atoms with Gasteiger partial charge in [0.15, 0.2) is 0 Å².